The van der Waals surface area contributed by atoms with E-state index in [4.69, 9.17) is 10.8 Å². The van der Waals surface area contributed by atoms with Gasteiger partial charge in [0, 0.05) is 12.2 Å². The van der Waals surface area contributed by atoms with E-state index in [0.717, 1.165) is 11.8 Å². The fraction of sp³-hybridized carbons (Fsp3) is 0.750. The SMILES string of the molecule is CC(SCCS(=O)(=O)CCC(N)=O)C(=O)O. The third kappa shape index (κ3) is 7.52. The fourth-order valence-corrected chi connectivity index (χ4v) is 3.39. The van der Waals surface area contributed by atoms with E-state index in [0.29, 0.717) is 0 Å². The third-order valence-electron chi connectivity index (χ3n) is 1.77. The Bertz CT molecular complexity index is 351. The highest BCUT2D eigenvalue weighted by atomic mass is 32.2. The summed E-state index contributed by atoms with van der Waals surface area (Å²) in [4.78, 5) is 20.8. The van der Waals surface area contributed by atoms with Crippen LogP contribution in [-0.2, 0) is 19.4 Å². The molecule has 94 valence electrons. The van der Waals surface area contributed by atoms with Gasteiger partial charge in [0.1, 0.15) is 0 Å². The molecule has 0 saturated heterocycles. The third-order valence-corrected chi connectivity index (χ3v) is 4.82. The number of thioether (sulfide) groups is 1. The van der Waals surface area contributed by atoms with Crippen molar-refractivity contribution in [1.29, 1.82) is 0 Å². The molecule has 0 bridgehead atoms. The number of amides is 1. The van der Waals surface area contributed by atoms with Crippen molar-refractivity contribution in [2.24, 2.45) is 5.73 Å². The Labute approximate surface area is 98.5 Å². The lowest BCUT2D eigenvalue weighted by molar-refractivity contribution is -0.136. The first-order chi connectivity index (χ1) is 7.24. The number of carboxylic acid groups (broad SMARTS) is 1. The summed E-state index contributed by atoms with van der Waals surface area (Å²) in [5.74, 6) is -1.84. The van der Waals surface area contributed by atoms with Crippen LogP contribution in [0.15, 0.2) is 0 Å². The zero-order chi connectivity index (χ0) is 12.8. The molecule has 1 amide bonds. The number of rotatable bonds is 8. The number of carboxylic acids is 1. The van der Waals surface area contributed by atoms with Crippen molar-refractivity contribution in [1.82, 2.24) is 0 Å². The van der Waals surface area contributed by atoms with Gasteiger partial charge in [0.05, 0.1) is 16.8 Å². The number of nitrogens with two attached hydrogens (primary N) is 1. The molecule has 0 spiro atoms. The number of hydrogen-bond acceptors (Lipinski definition) is 5. The Balaban J connectivity index is 3.91. The van der Waals surface area contributed by atoms with Crippen LogP contribution >= 0.6 is 11.8 Å². The van der Waals surface area contributed by atoms with Crippen molar-refractivity contribution in [3.05, 3.63) is 0 Å². The van der Waals surface area contributed by atoms with Crippen molar-refractivity contribution >= 4 is 33.5 Å². The molecule has 0 saturated carbocycles. The predicted octanol–water partition coefficient (Wildman–Crippen LogP) is -0.517. The standard InChI is InChI=1S/C8H15NO5S2/c1-6(8(11)12)15-3-5-16(13,14)4-2-7(9)10/h6H,2-5H2,1H3,(H2,9,10)(H,11,12). The second kappa shape index (κ2) is 6.74. The van der Waals surface area contributed by atoms with Crippen molar-refractivity contribution in [3.8, 4) is 0 Å². The molecule has 16 heavy (non-hydrogen) atoms. The van der Waals surface area contributed by atoms with Crippen LogP contribution < -0.4 is 5.73 Å². The number of hydrogen-bond donors (Lipinski definition) is 2. The minimum absolute atomic E-state index is 0.136. The highest BCUT2D eigenvalue weighted by Crippen LogP contribution is 2.11. The van der Waals surface area contributed by atoms with Crippen LogP contribution in [0, 0.1) is 0 Å². The lowest BCUT2D eigenvalue weighted by Gasteiger charge is -2.06. The van der Waals surface area contributed by atoms with Gasteiger partial charge in [-0.2, -0.15) is 0 Å². The van der Waals surface area contributed by atoms with Gasteiger partial charge in [-0.05, 0) is 6.92 Å². The summed E-state index contributed by atoms with van der Waals surface area (Å²) in [6.45, 7) is 1.49. The number of primary amides is 1. The molecule has 1 unspecified atom stereocenters. The molecule has 0 radical (unpaired) electrons. The number of aliphatic carboxylic acids is 1. The fourth-order valence-electron chi connectivity index (χ4n) is 0.781. The molecule has 3 N–H and O–H groups in total. The quantitative estimate of drug-likeness (QED) is 0.613. The normalized spacial score (nSPS) is 13.3. The summed E-state index contributed by atoms with van der Waals surface area (Å²) in [6.07, 6.45) is -0.193. The van der Waals surface area contributed by atoms with E-state index in [1.54, 1.807) is 0 Å². The van der Waals surface area contributed by atoms with Crippen LogP contribution in [0.5, 0.6) is 0 Å². The highest BCUT2D eigenvalue weighted by molar-refractivity contribution is 8.01. The molecule has 0 aromatic carbocycles. The van der Waals surface area contributed by atoms with Crippen LogP contribution in [0.2, 0.25) is 0 Å². The molecule has 0 aromatic heterocycles. The largest absolute Gasteiger partial charge is 0.480 e. The monoisotopic (exact) mass is 269 g/mol. The Hall–Kier alpha value is -0.760. The maximum absolute atomic E-state index is 11.3. The van der Waals surface area contributed by atoms with Crippen molar-refractivity contribution < 1.29 is 23.1 Å². The molecule has 0 aromatic rings. The summed E-state index contributed by atoms with van der Waals surface area (Å²) in [7, 11) is -3.31. The number of carbonyl (C=O) groups excluding carboxylic acids is 1. The van der Waals surface area contributed by atoms with Crippen molar-refractivity contribution in [2.75, 3.05) is 17.3 Å². The Morgan fingerprint density at radius 2 is 1.94 bits per heavy atom. The van der Waals surface area contributed by atoms with Crippen LogP contribution in [0.25, 0.3) is 0 Å². The summed E-state index contributed by atoms with van der Waals surface area (Å²) in [5.41, 5.74) is 4.83. The van der Waals surface area contributed by atoms with E-state index in [1.165, 1.54) is 6.92 Å². The zero-order valence-corrected chi connectivity index (χ0v) is 10.5. The zero-order valence-electron chi connectivity index (χ0n) is 8.88. The van der Waals surface area contributed by atoms with E-state index in [2.05, 4.69) is 0 Å². The van der Waals surface area contributed by atoms with E-state index in [9.17, 15) is 18.0 Å². The molecule has 0 aliphatic rings. The molecule has 0 aliphatic carbocycles. The summed E-state index contributed by atoms with van der Waals surface area (Å²) < 4.78 is 22.6. The lowest BCUT2D eigenvalue weighted by Crippen LogP contribution is -2.21. The molecular weight excluding hydrogens is 254 g/mol. The maximum atomic E-state index is 11.3. The summed E-state index contributed by atoms with van der Waals surface area (Å²) >= 11 is 1.05. The molecule has 0 rings (SSSR count). The minimum Gasteiger partial charge on any atom is -0.480 e. The van der Waals surface area contributed by atoms with Gasteiger partial charge in [-0.1, -0.05) is 0 Å². The van der Waals surface area contributed by atoms with E-state index >= 15 is 0 Å². The molecular formula is C8H15NO5S2. The van der Waals surface area contributed by atoms with Crippen molar-refractivity contribution in [2.45, 2.75) is 18.6 Å². The first kappa shape index (κ1) is 15.2. The minimum atomic E-state index is -3.31. The van der Waals surface area contributed by atoms with Gasteiger partial charge in [0.2, 0.25) is 5.91 Å². The van der Waals surface area contributed by atoms with Gasteiger partial charge in [0.25, 0.3) is 0 Å². The first-order valence-corrected chi connectivity index (χ1v) is 7.45. The van der Waals surface area contributed by atoms with Gasteiger partial charge in [-0.3, -0.25) is 9.59 Å². The highest BCUT2D eigenvalue weighted by Gasteiger charge is 2.15. The Kier molecular flexibility index (Phi) is 6.42. The van der Waals surface area contributed by atoms with Crippen LogP contribution in [-0.4, -0.2) is 47.9 Å². The summed E-state index contributed by atoms with van der Waals surface area (Å²) in [5, 5.41) is 7.92. The van der Waals surface area contributed by atoms with Gasteiger partial charge in [-0.25, -0.2) is 8.42 Å². The predicted molar refractivity (Wildman–Crippen MR) is 62.0 cm³/mol. The average Bonchev–Trinajstić information content (AvgIpc) is 2.14. The second-order valence-electron chi connectivity index (χ2n) is 3.22. The average molecular weight is 269 g/mol. The lowest BCUT2D eigenvalue weighted by atomic mass is 10.5. The summed E-state index contributed by atoms with van der Waals surface area (Å²) in [6, 6.07) is 0. The second-order valence-corrected chi connectivity index (χ2v) is 6.97. The Morgan fingerprint density at radius 3 is 2.38 bits per heavy atom. The van der Waals surface area contributed by atoms with Gasteiger partial charge in [-0.15, -0.1) is 11.8 Å². The Morgan fingerprint density at radius 1 is 1.38 bits per heavy atom. The smallest absolute Gasteiger partial charge is 0.316 e. The molecule has 0 fully saturated rings. The van der Waals surface area contributed by atoms with Gasteiger partial charge in [0.15, 0.2) is 9.84 Å². The van der Waals surface area contributed by atoms with E-state index < -0.39 is 27.0 Å². The molecule has 8 heteroatoms. The topological polar surface area (TPSA) is 115 Å². The molecule has 1 atom stereocenters. The van der Waals surface area contributed by atoms with E-state index in [-0.39, 0.29) is 23.7 Å². The van der Waals surface area contributed by atoms with Gasteiger partial charge < -0.3 is 10.8 Å². The molecule has 0 aliphatic heterocycles. The van der Waals surface area contributed by atoms with Crippen LogP contribution in [0.3, 0.4) is 0 Å². The van der Waals surface area contributed by atoms with Gasteiger partial charge >= 0.3 is 5.97 Å². The number of sulfone groups is 1. The van der Waals surface area contributed by atoms with Crippen molar-refractivity contribution in [3.63, 3.8) is 0 Å². The molecule has 0 heterocycles. The van der Waals surface area contributed by atoms with Crippen LogP contribution in [0.4, 0.5) is 0 Å². The van der Waals surface area contributed by atoms with Crippen LogP contribution in [0.1, 0.15) is 13.3 Å². The number of carbonyl (C=O) groups is 2. The van der Waals surface area contributed by atoms with E-state index in [1.807, 2.05) is 0 Å². The maximum Gasteiger partial charge on any atom is 0.316 e. The molecule has 6 nitrogen and oxygen atoms in total. The first-order valence-electron chi connectivity index (χ1n) is 4.58.